The van der Waals surface area contributed by atoms with Crippen molar-refractivity contribution in [3.63, 3.8) is 0 Å². The highest BCUT2D eigenvalue weighted by molar-refractivity contribution is 5.78. The highest BCUT2D eigenvalue weighted by Crippen LogP contribution is 2.27. The molecule has 0 saturated carbocycles. The summed E-state index contributed by atoms with van der Waals surface area (Å²) in [5, 5.41) is 3.12. The van der Waals surface area contributed by atoms with Crippen molar-refractivity contribution in [3.8, 4) is 16.9 Å². The number of rotatable bonds is 10. The first-order valence-electron chi connectivity index (χ1n) is 9.34. The zero-order valence-electron chi connectivity index (χ0n) is 16.7. The molecule has 2 aromatic carbocycles. The molecule has 0 spiro atoms. The van der Waals surface area contributed by atoms with Gasteiger partial charge < -0.3 is 19.7 Å². The minimum Gasteiger partial charge on any atom is -0.497 e. The zero-order valence-corrected chi connectivity index (χ0v) is 16.7. The molecule has 1 unspecified atom stereocenters. The topological polar surface area (TPSA) is 50.8 Å². The van der Waals surface area contributed by atoms with E-state index in [1.807, 2.05) is 30.0 Å². The Bertz CT molecular complexity index is 716. The Morgan fingerprint density at radius 1 is 1.11 bits per heavy atom. The fourth-order valence-electron chi connectivity index (χ4n) is 3.07. The summed E-state index contributed by atoms with van der Waals surface area (Å²) in [5.41, 5.74) is 3.36. The van der Waals surface area contributed by atoms with Crippen LogP contribution in [0, 0.1) is 0 Å². The summed E-state index contributed by atoms with van der Waals surface area (Å²) in [4.78, 5) is 14.4. The zero-order chi connectivity index (χ0) is 19.6. The predicted octanol–water partition coefficient (Wildman–Crippen LogP) is 3.51. The van der Waals surface area contributed by atoms with Gasteiger partial charge in [-0.05, 0) is 42.7 Å². The summed E-state index contributed by atoms with van der Waals surface area (Å²) in [6, 6.07) is 16.4. The van der Waals surface area contributed by atoms with E-state index >= 15 is 0 Å². The van der Waals surface area contributed by atoms with Gasteiger partial charge in [-0.1, -0.05) is 36.4 Å². The molecule has 0 aliphatic carbocycles. The summed E-state index contributed by atoms with van der Waals surface area (Å²) in [6.07, 6.45) is 0. The number of carbonyl (C=O) groups is 1. The lowest BCUT2D eigenvalue weighted by molar-refractivity contribution is -0.132. The molecule has 1 amide bonds. The largest absolute Gasteiger partial charge is 0.497 e. The number of hydrogen-bond acceptors (Lipinski definition) is 4. The second kappa shape index (κ2) is 10.7. The van der Waals surface area contributed by atoms with Crippen LogP contribution in [0.1, 0.15) is 25.5 Å². The lowest BCUT2D eigenvalue weighted by Crippen LogP contribution is -2.40. The van der Waals surface area contributed by atoms with Crippen molar-refractivity contribution in [2.45, 2.75) is 19.9 Å². The SMILES string of the molecule is CCN(C(=O)CNCCOC)C(C)c1ccc(-c2cccc(OC)c2)cc1. The van der Waals surface area contributed by atoms with Crippen molar-refractivity contribution < 1.29 is 14.3 Å². The molecule has 5 heteroatoms. The van der Waals surface area contributed by atoms with E-state index in [-0.39, 0.29) is 11.9 Å². The van der Waals surface area contributed by atoms with Crippen LogP contribution >= 0.6 is 0 Å². The van der Waals surface area contributed by atoms with E-state index in [4.69, 9.17) is 9.47 Å². The van der Waals surface area contributed by atoms with Crippen LogP contribution in [0.5, 0.6) is 5.75 Å². The third-order valence-electron chi connectivity index (χ3n) is 4.68. The normalized spacial score (nSPS) is 11.9. The third-order valence-corrected chi connectivity index (χ3v) is 4.68. The average molecular weight is 370 g/mol. The van der Waals surface area contributed by atoms with Gasteiger partial charge in [0.25, 0.3) is 0 Å². The lowest BCUT2D eigenvalue weighted by Gasteiger charge is -2.29. The first kappa shape index (κ1) is 20.9. The number of benzene rings is 2. The summed E-state index contributed by atoms with van der Waals surface area (Å²) >= 11 is 0. The average Bonchev–Trinajstić information content (AvgIpc) is 2.72. The summed E-state index contributed by atoms with van der Waals surface area (Å²) in [7, 11) is 3.32. The van der Waals surface area contributed by atoms with E-state index in [2.05, 4.69) is 42.6 Å². The van der Waals surface area contributed by atoms with Crippen LogP contribution in [0.4, 0.5) is 0 Å². The Hall–Kier alpha value is -2.37. The van der Waals surface area contributed by atoms with Gasteiger partial charge in [0.1, 0.15) is 5.75 Å². The molecule has 0 aromatic heterocycles. The number of nitrogens with zero attached hydrogens (tertiary/aromatic N) is 1. The van der Waals surface area contributed by atoms with Crippen molar-refractivity contribution in [2.24, 2.45) is 0 Å². The standard InChI is InChI=1S/C22H30N2O3/c1-5-24(22(25)16-23-13-14-26-3)17(2)18-9-11-19(12-10-18)20-7-6-8-21(15-20)27-4/h6-12,15,17,23H,5,13-14,16H2,1-4H3. The second-order valence-electron chi connectivity index (χ2n) is 6.38. The molecule has 0 aliphatic heterocycles. The van der Waals surface area contributed by atoms with E-state index in [0.29, 0.717) is 26.2 Å². The third kappa shape index (κ3) is 5.81. The molecule has 1 N–H and O–H groups in total. The van der Waals surface area contributed by atoms with E-state index in [1.54, 1.807) is 14.2 Å². The number of ether oxygens (including phenoxy) is 2. The van der Waals surface area contributed by atoms with Crippen LogP contribution in [-0.2, 0) is 9.53 Å². The first-order chi connectivity index (χ1) is 13.1. The van der Waals surface area contributed by atoms with Gasteiger partial charge in [0.2, 0.25) is 5.91 Å². The fraction of sp³-hybridized carbons (Fsp3) is 0.409. The monoisotopic (exact) mass is 370 g/mol. The van der Waals surface area contributed by atoms with Gasteiger partial charge in [0, 0.05) is 20.2 Å². The highest BCUT2D eigenvalue weighted by Gasteiger charge is 2.19. The van der Waals surface area contributed by atoms with E-state index < -0.39 is 0 Å². The van der Waals surface area contributed by atoms with Crippen LogP contribution < -0.4 is 10.1 Å². The number of hydrogen-bond donors (Lipinski definition) is 1. The maximum atomic E-state index is 12.5. The van der Waals surface area contributed by atoms with E-state index in [9.17, 15) is 4.79 Å². The molecule has 2 aromatic rings. The van der Waals surface area contributed by atoms with Crippen LogP contribution in [0.15, 0.2) is 48.5 Å². The maximum absolute atomic E-state index is 12.5. The molecule has 0 radical (unpaired) electrons. The first-order valence-corrected chi connectivity index (χ1v) is 9.34. The van der Waals surface area contributed by atoms with Crippen molar-refractivity contribution in [1.82, 2.24) is 10.2 Å². The fourth-order valence-corrected chi connectivity index (χ4v) is 3.07. The van der Waals surface area contributed by atoms with Gasteiger partial charge in [-0.15, -0.1) is 0 Å². The van der Waals surface area contributed by atoms with Crippen molar-refractivity contribution in [1.29, 1.82) is 0 Å². The number of carbonyl (C=O) groups excluding carboxylic acids is 1. The van der Waals surface area contributed by atoms with Gasteiger partial charge in [-0.3, -0.25) is 4.79 Å². The van der Waals surface area contributed by atoms with Crippen LogP contribution in [0.25, 0.3) is 11.1 Å². The quantitative estimate of drug-likeness (QED) is 0.650. The van der Waals surface area contributed by atoms with Gasteiger partial charge in [0.15, 0.2) is 0 Å². The van der Waals surface area contributed by atoms with Gasteiger partial charge in [-0.25, -0.2) is 0 Å². The van der Waals surface area contributed by atoms with Crippen LogP contribution in [0.3, 0.4) is 0 Å². The number of nitrogens with one attached hydrogen (secondary N) is 1. The minimum absolute atomic E-state index is 0.0195. The Kier molecular flexibility index (Phi) is 8.30. The predicted molar refractivity (Wildman–Crippen MR) is 109 cm³/mol. The van der Waals surface area contributed by atoms with E-state index in [1.165, 1.54) is 0 Å². The molecule has 5 nitrogen and oxygen atoms in total. The molecular formula is C22H30N2O3. The Balaban J connectivity index is 2.06. The Morgan fingerprint density at radius 3 is 2.48 bits per heavy atom. The van der Waals surface area contributed by atoms with Gasteiger partial charge in [0.05, 0.1) is 26.3 Å². The van der Waals surface area contributed by atoms with Crippen molar-refractivity contribution in [3.05, 3.63) is 54.1 Å². The maximum Gasteiger partial charge on any atom is 0.237 e. The van der Waals surface area contributed by atoms with Crippen LogP contribution in [-0.4, -0.2) is 51.3 Å². The Morgan fingerprint density at radius 2 is 1.85 bits per heavy atom. The molecule has 0 heterocycles. The Labute approximate surface area is 162 Å². The van der Waals surface area contributed by atoms with Gasteiger partial charge >= 0.3 is 0 Å². The molecule has 0 fully saturated rings. The summed E-state index contributed by atoms with van der Waals surface area (Å²) in [5.74, 6) is 0.937. The molecule has 27 heavy (non-hydrogen) atoms. The summed E-state index contributed by atoms with van der Waals surface area (Å²) < 4.78 is 10.3. The van der Waals surface area contributed by atoms with Crippen molar-refractivity contribution in [2.75, 3.05) is 40.5 Å². The lowest BCUT2D eigenvalue weighted by atomic mass is 10.0. The smallest absolute Gasteiger partial charge is 0.237 e. The summed E-state index contributed by atoms with van der Waals surface area (Å²) in [6.45, 7) is 6.34. The van der Waals surface area contributed by atoms with E-state index in [0.717, 1.165) is 22.4 Å². The van der Waals surface area contributed by atoms with Gasteiger partial charge in [-0.2, -0.15) is 0 Å². The molecule has 146 valence electrons. The molecule has 0 saturated heterocycles. The molecule has 0 bridgehead atoms. The van der Waals surface area contributed by atoms with Crippen molar-refractivity contribution >= 4 is 5.91 Å². The molecular weight excluding hydrogens is 340 g/mol. The molecule has 1 atom stereocenters. The van der Waals surface area contributed by atoms with Crippen LogP contribution in [0.2, 0.25) is 0 Å². The number of amides is 1. The highest BCUT2D eigenvalue weighted by atomic mass is 16.5. The number of methoxy groups -OCH3 is 2. The minimum atomic E-state index is 0.0195. The molecule has 2 rings (SSSR count). The molecule has 0 aliphatic rings. The second-order valence-corrected chi connectivity index (χ2v) is 6.38. The number of likely N-dealkylation sites (N-methyl/N-ethyl adjacent to an activating group) is 1.